The van der Waals surface area contributed by atoms with Crippen LogP contribution in [0.3, 0.4) is 0 Å². The molecule has 2 nitrogen and oxygen atoms in total. The molecule has 2 rings (SSSR count). The van der Waals surface area contributed by atoms with E-state index >= 15 is 0 Å². The van der Waals surface area contributed by atoms with Crippen molar-refractivity contribution >= 4 is 38.6 Å². The topological polar surface area (TPSA) is 29.4 Å². The summed E-state index contributed by atoms with van der Waals surface area (Å²) < 4.78 is 16.8. The fraction of sp³-hybridized carbons (Fsp3) is 0.308. The molecule has 0 saturated heterocycles. The molecule has 0 aliphatic heterocycles. The minimum absolute atomic E-state index is 0.298. The highest BCUT2D eigenvalue weighted by Crippen LogP contribution is 2.24. The maximum absolute atomic E-state index is 11.8. The maximum atomic E-state index is 11.8. The Kier molecular flexibility index (Phi) is 3.45. The number of fused-ring (bicyclic) bond motifs is 1. The zero-order chi connectivity index (χ0) is 12.5. The standard InChI is InChI=1S/C13H15NOS2/c1-13(2,3)17(15)14-9-11-8-10-6-4-5-7-12(10)16-11/h4-9H,1-3H3/t17-/m0/s1. The second kappa shape index (κ2) is 4.70. The third-order valence-electron chi connectivity index (χ3n) is 2.24. The third kappa shape index (κ3) is 3.01. The van der Waals surface area contributed by atoms with Crippen molar-refractivity contribution < 1.29 is 4.21 Å². The summed E-state index contributed by atoms with van der Waals surface area (Å²) in [6.07, 6.45) is 1.71. The summed E-state index contributed by atoms with van der Waals surface area (Å²) >= 11 is 1.67. The average molecular weight is 265 g/mol. The van der Waals surface area contributed by atoms with Crippen molar-refractivity contribution in [1.82, 2.24) is 0 Å². The van der Waals surface area contributed by atoms with Crippen molar-refractivity contribution in [2.24, 2.45) is 4.40 Å². The Morgan fingerprint density at radius 3 is 2.65 bits per heavy atom. The molecule has 1 aromatic carbocycles. The Hall–Kier alpha value is -1.00. The van der Waals surface area contributed by atoms with Gasteiger partial charge in [0.1, 0.15) is 11.0 Å². The van der Waals surface area contributed by atoms with Crippen LogP contribution in [0.15, 0.2) is 34.7 Å². The van der Waals surface area contributed by atoms with Crippen LogP contribution in [0.1, 0.15) is 25.6 Å². The monoisotopic (exact) mass is 265 g/mol. The largest absolute Gasteiger partial charge is 0.234 e. The third-order valence-corrected chi connectivity index (χ3v) is 4.64. The predicted molar refractivity (Wildman–Crippen MR) is 77.3 cm³/mol. The highest BCUT2D eigenvalue weighted by molar-refractivity contribution is 7.85. The van der Waals surface area contributed by atoms with E-state index in [1.54, 1.807) is 17.6 Å². The summed E-state index contributed by atoms with van der Waals surface area (Å²) in [4.78, 5) is 1.05. The zero-order valence-electron chi connectivity index (χ0n) is 10.1. The number of thiophene rings is 1. The van der Waals surface area contributed by atoms with Crippen molar-refractivity contribution in [3.05, 3.63) is 35.2 Å². The second-order valence-corrected chi connectivity index (χ2v) is 7.83. The first kappa shape index (κ1) is 12.5. The first-order chi connectivity index (χ1) is 7.97. The van der Waals surface area contributed by atoms with E-state index in [1.165, 1.54) is 10.1 Å². The van der Waals surface area contributed by atoms with Crippen LogP contribution in [-0.4, -0.2) is 15.2 Å². The van der Waals surface area contributed by atoms with Gasteiger partial charge in [-0.25, -0.2) is 4.21 Å². The molecule has 1 heterocycles. The van der Waals surface area contributed by atoms with Crippen LogP contribution >= 0.6 is 11.3 Å². The molecule has 0 amide bonds. The molecule has 0 aliphatic carbocycles. The molecule has 0 bridgehead atoms. The summed E-state index contributed by atoms with van der Waals surface area (Å²) in [7, 11) is -1.18. The van der Waals surface area contributed by atoms with Gasteiger partial charge in [0.15, 0.2) is 0 Å². The molecule has 17 heavy (non-hydrogen) atoms. The molecular weight excluding hydrogens is 250 g/mol. The van der Waals surface area contributed by atoms with Gasteiger partial charge in [-0.2, -0.15) is 4.40 Å². The SMILES string of the molecule is CC(C)(C)[S@](=O)N=Cc1cc2ccccc2s1. The molecule has 1 aromatic heterocycles. The van der Waals surface area contributed by atoms with Crippen molar-refractivity contribution in [3.63, 3.8) is 0 Å². The normalized spacial score (nSPS) is 14.5. The zero-order valence-corrected chi connectivity index (χ0v) is 11.8. The Labute approximate surface area is 108 Å². The molecule has 0 radical (unpaired) electrons. The van der Waals surface area contributed by atoms with Crippen molar-refractivity contribution in [2.75, 3.05) is 0 Å². The highest BCUT2D eigenvalue weighted by atomic mass is 32.2. The van der Waals surface area contributed by atoms with Crippen molar-refractivity contribution in [2.45, 2.75) is 25.5 Å². The molecule has 0 N–H and O–H groups in total. The maximum Gasteiger partial charge on any atom is 0.144 e. The Balaban J connectivity index is 2.24. The lowest BCUT2D eigenvalue weighted by Crippen LogP contribution is -2.19. The minimum atomic E-state index is -1.18. The van der Waals surface area contributed by atoms with Gasteiger partial charge in [-0.1, -0.05) is 18.2 Å². The van der Waals surface area contributed by atoms with E-state index in [9.17, 15) is 4.21 Å². The Bertz CT molecular complexity index is 545. The van der Waals surface area contributed by atoms with Gasteiger partial charge in [-0.05, 0) is 38.3 Å². The van der Waals surface area contributed by atoms with E-state index < -0.39 is 11.0 Å². The molecule has 2 aromatic rings. The Morgan fingerprint density at radius 1 is 1.29 bits per heavy atom. The van der Waals surface area contributed by atoms with Gasteiger partial charge in [0, 0.05) is 9.58 Å². The lowest BCUT2D eigenvalue weighted by atomic mass is 10.2. The average Bonchev–Trinajstić information content (AvgIpc) is 2.66. The van der Waals surface area contributed by atoms with Crippen LogP contribution in [-0.2, 0) is 11.0 Å². The fourth-order valence-electron chi connectivity index (χ4n) is 1.32. The summed E-state index contributed by atoms with van der Waals surface area (Å²) in [5.41, 5.74) is 0. The molecule has 0 fully saturated rings. The first-order valence-corrected chi connectivity index (χ1v) is 7.34. The number of hydrogen-bond acceptors (Lipinski definition) is 2. The van der Waals surface area contributed by atoms with Gasteiger partial charge in [0.25, 0.3) is 0 Å². The summed E-state index contributed by atoms with van der Waals surface area (Å²) in [5.74, 6) is 0. The van der Waals surface area contributed by atoms with Gasteiger partial charge in [-0.15, -0.1) is 11.3 Å². The van der Waals surface area contributed by atoms with Gasteiger partial charge in [0.05, 0.1) is 11.0 Å². The van der Waals surface area contributed by atoms with Crippen LogP contribution < -0.4 is 0 Å². The minimum Gasteiger partial charge on any atom is -0.234 e. The van der Waals surface area contributed by atoms with Crippen molar-refractivity contribution in [3.8, 4) is 0 Å². The molecule has 0 unspecified atom stereocenters. The summed E-state index contributed by atoms with van der Waals surface area (Å²) in [6, 6.07) is 10.3. The molecule has 0 spiro atoms. The molecule has 4 heteroatoms. The van der Waals surface area contributed by atoms with Crippen LogP contribution in [0.5, 0.6) is 0 Å². The van der Waals surface area contributed by atoms with Crippen LogP contribution in [0.2, 0.25) is 0 Å². The lowest BCUT2D eigenvalue weighted by Gasteiger charge is -2.12. The van der Waals surface area contributed by atoms with E-state index in [-0.39, 0.29) is 4.75 Å². The number of hydrogen-bond donors (Lipinski definition) is 0. The van der Waals surface area contributed by atoms with Crippen LogP contribution in [0.25, 0.3) is 10.1 Å². The van der Waals surface area contributed by atoms with E-state index in [4.69, 9.17) is 0 Å². The molecule has 0 aliphatic rings. The predicted octanol–water partition coefficient (Wildman–Crippen LogP) is 3.78. The second-order valence-electron chi connectivity index (χ2n) is 4.78. The summed E-state index contributed by atoms with van der Waals surface area (Å²) in [5, 5.41) is 1.21. The van der Waals surface area contributed by atoms with Crippen molar-refractivity contribution in [1.29, 1.82) is 0 Å². The highest BCUT2D eigenvalue weighted by Gasteiger charge is 2.18. The number of nitrogens with zero attached hydrogens (tertiary/aromatic N) is 1. The van der Waals surface area contributed by atoms with E-state index in [2.05, 4.69) is 22.6 Å². The van der Waals surface area contributed by atoms with Gasteiger partial charge >= 0.3 is 0 Å². The van der Waals surface area contributed by atoms with Crippen LogP contribution in [0, 0.1) is 0 Å². The van der Waals surface area contributed by atoms with Gasteiger partial charge < -0.3 is 0 Å². The first-order valence-electron chi connectivity index (χ1n) is 5.41. The van der Waals surface area contributed by atoms with Crippen LogP contribution in [0.4, 0.5) is 0 Å². The van der Waals surface area contributed by atoms with Gasteiger partial charge in [0.2, 0.25) is 0 Å². The fourth-order valence-corrected chi connectivity index (χ4v) is 2.85. The number of rotatable bonds is 2. The molecule has 90 valence electrons. The quantitative estimate of drug-likeness (QED) is 0.760. The van der Waals surface area contributed by atoms with Gasteiger partial charge in [-0.3, -0.25) is 0 Å². The van der Waals surface area contributed by atoms with E-state index in [0.717, 1.165) is 4.88 Å². The summed E-state index contributed by atoms with van der Waals surface area (Å²) in [6.45, 7) is 5.77. The molecule has 0 saturated carbocycles. The smallest absolute Gasteiger partial charge is 0.144 e. The Morgan fingerprint density at radius 2 is 2.00 bits per heavy atom. The lowest BCUT2D eigenvalue weighted by molar-refractivity contribution is 0.651. The molecular formula is C13H15NOS2. The van der Waals surface area contributed by atoms with E-state index in [1.807, 2.05) is 32.9 Å². The van der Waals surface area contributed by atoms with E-state index in [0.29, 0.717) is 0 Å². The number of benzene rings is 1. The molecule has 1 atom stereocenters.